The van der Waals surface area contributed by atoms with Gasteiger partial charge in [-0.05, 0) is 77.0 Å². The zero-order valence-corrected chi connectivity index (χ0v) is 23.0. The van der Waals surface area contributed by atoms with Gasteiger partial charge in [-0.2, -0.15) is 18.3 Å². The standard InChI is InChI=1S/C27H22F3IN4O2S/c1-17-5-7-18(8-6-17)15-37-24-10-9-19(11-23(24)31)14-32-35-25(36)13-22-16-38-26(34-22)33-21-4-2-3-20(12-21)27(28,29)30/h2-12,14,16H,13,15H2,1H3,(H,33,34)(H,35,36)/b32-14-. The van der Waals surface area contributed by atoms with Gasteiger partial charge in [0.25, 0.3) is 0 Å². The van der Waals surface area contributed by atoms with Crippen molar-refractivity contribution >= 4 is 56.9 Å². The molecule has 1 aromatic heterocycles. The van der Waals surface area contributed by atoms with Crippen LogP contribution in [0.25, 0.3) is 0 Å². The molecule has 0 aliphatic carbocycles. The van der Waals surface area contributed by atoms with E-state index in [1.165, 1.54) is 35.2 Å². The van der Waals surface area contributed by atoms with Gasteiger partial charge >= 0.3 is 6.18 Å². The van der Waals surface area contributed by atoms with Crippen LogP contribution in [-0.2, 0) is 24.0 Å². The van der Waals surface area contributed by atoms with E-state index in [9.17, 15) is 18.0 Å². The van der Waals surface area contributed by atoms with Crippen molar-refractivity contribution in [1.29, 1.82) is 0 Å². The first-order valence-corrected chi connectivity index (χ1v) is 13.3. The molecule has 3 aromatic carbocycles. The van der Waals surface area contributed by atoms with Gasteiger partial charge in [-0.15, -0.1) is 11.3 Å². The van der Waals surface area contributed by atoms with Crippen LogP contribution in [0.15, 0.2) is 77.2 Å². The molecule has 0 saturated carbocycles. The van der Waals surface area contributed by atoms with Gasteiger partial charge in [0.1, 0.15) is 12.4 Å². The summed E-state index contributed by atoms with van der Waals surface area (Å²) < 4.78 is 45.5. The Kier molecular flexibility index (Phi) is 9.00. The molecule has 1 heterocycles. The molecule has 0 radical (unpaired) electrons. The normalized spacial score (nSPS) is 11.5. The minimum Gasteiger partial charge on any atom is -0.488 e. The van der Waals surface area contributed by atoms with Gasteiger partial charge in [0.2, 0.25) is 5.91 Å². The zero-order chi connectivity index (χ0) is 27.1. The summed E-state index contributed by atoms with van der Waals surface area (Å²) in [4.78, 5) is 16.5. The number of anilines is 2. The fraction of sp³-hybridized carbons (Fsp3) is 0.148. The summed E-state index contributed by atoms with van der Waals surface area (Å²) >= 11 is 3.38. The number of ether oxygens (including phenoxy) is 1. The molecule has 38 heavy (non-hydrogen) atoms. The molecule has 0 saturated heterocycles. The molecular formula is C27H22F3IN4O2S. The predicted octanol–water partition coefficient (Wildman–Crippen LogP) is 7.09. The number of nitrogens with one attached hydrogen (secondary N) is 2. The summed E-state index contributed by atoms with van der Waals surface area (Å²) in [6.07, 6.45) is -2.92. The van der Waals surface area contributed by atoms with E-state index in [1.807, 2.05) is 49.4 Å². The van der Waals surface area contributed by atoms with Crippen LogP contribution >= 0.6 is 33.9 Å². The van der Waals surface area contributed by atoms with Gasteiger partial charge in [-0.3, -0.25) is 4.79 Å². The van der Waals surface area contributed by atoms with E-state index in [0.29, 0.717) is 17.4 Å². The van der Waals surface area contributed by atoms with Gasteiger partial charge in [-0.1, -0.05) is 35.9 Å². The Balaban J connectivity index is 1.26. The molecule has 0 unspecified atom stereocenters. The lowest BCUT2D eigenvalue weighted by molar-refractivity contribution is -0.137. The molecular weight excluding hydrogens is 628 g/mol. The second-order valence-corrected chi connectivity index (χ2v) is 10.3. The number of thiazole rings is 1. The maximum absolute atomic E-state index is 12.9. The summed E-state index contributed by atoms with van der Waals surface area (Å²) in [5, 5.41) is 8.89. The van der Waals surface area contributed by atoms with Crippen LogP contribution in [0.2, 0.25) is 0 Å². The molecule has 6 nitrogen and oxygen atoms in total. The molecule has 4 aromatic rings. The third-order valence-corrected chi connectivity index (χ3v) is 6.86. The van der Waals surface area contributed by atoms with Crippen LogP contribution in [-0.4, -0.2) is 17.1 Å². The van der Waals surface area contributed by atoms with Crippen LogP contribution in [0.5, 0.6) is 5.75 Å². The summed E-state index contributed by atoms with van der Waals surface area (Å²) in [7, 11) is 0. The predicted molar refractivity (Wildman–Crippen MR) is 151 cm³/mol. The maximum atomic E-state index is 12.9. The van der Waals surface area contributed by atoms with Crippen molar-refractivity contribution in [2.45, 2.75) is 26.1 Å². The number of alkyl halides is 3. The fourth-order valence-corrected chi connectivity index (χ4v) is 4.71. The number of carbonyl (C=O) groups is 1. The molecule has 0 atom stereocenters. The van der Waals surface area contributed by atoms with E-state index in [0.717, 1.165) is 32.6 Å². The van der Waals surface area contributed by atoms with Crippen LogP contribution in [0, 0.1) is 10.5 Å². The van der Waals surface area contributed by atoms with Crippen LogP contribution in [0.3, 0.4) is 0 Å². The summed E-state index contributed by atoms with van der Waals surface area (Å²) in [6.45, 7) is 2.50. The Hall–Kier alpha value is -3.45. The second-order valence-electron chi connectivity index (χ2n) is 8.28. The zero-order valence-electron chi connectivity index (χ0n) is 20.1. The van der Waals surface area contributed by atoms with Crippen molar-refractivity contribution in [2.24, 2.45) is 5.10 Å². The van der Waals surface area contributed by atoms with E-state index < -0.39 is 11.7 Å². The Morgan fingerprint density at radius 2 is 1.92 bits per heavy atom. The van der Waals surface area contributed by atoms with Gasteiger partial charge in [0.05, 0.1) is 27.5 Å². The number of aryl methyl sites for hydroxylation is 1. The minimum atomic E-state index is -4.43. The number of aromatic nitrogens is 1. The summed E-state index contributed by atoms with van der Waals surface area (Å²) in [6, 6.07) is 18.6. The van der Waals surface area contributed by atoms with Crippen molar-refractivity contribution in [3.8, 4) is 5.75 Å². The first kappa shape index (κ1) is 27.6. The smallest absolute Gasteiger partial charge is 0.416 e. The minimum absolute atomic E-state index is 0.0264. The SMILES string of the molecule is Cc1ccc(COc2ccc(/C=N\NC(=O)Cc3csc(Nc4cccc(C(F)(F)F)c4)n3)cc2I)cc1. The number of nitrogens with zero attached hydrogens (tertiary/aromatic N) is 2. The summed E-state index contributed by atoms with van der Waals surface area (Å²) in [5.74, 6) is 0.385. The van der Waals surface area contributed by atoms with E-state index >= 15 is 0 Å². The Bertz CT molecular complexity index is 1440. The molecule has 0 spiro atoms. The monoisotopic (exact) mass is 650 g/mol. The van der Waals surface area contributed by atoms with Crippen molar-refractivity contribution in [3.05, 3.63) is 104 Å². The highest BCUT2D eigenvalue weighted by atomic mass is 127. The third-order valence-electron chi connectivity index (χ3n) is 5.21. The lowest BCUT2D eigenvalue weighted by Gasteiger charge is -2.09. The maximum Gasteiger partial charge on any atom is 0.416 e. The lowest BCUT2D eigenvalue weighted by Crippen LogP contribution is -2.19. The highest BCUT2D eigenvalue weighted by molar-refractivity contribution is 14.1. The Morgan fingerprint density at radius 3 is 2.66 bits per heavy atom. The number of hydrazone groups is 1. The van der Waals surface area contributed by atoms with Crippen molar-refractivity contribution < 1.29 is 22.7 Å². The van der Waals surface area contributed by atoms with Gasteiger partial charge < -0.3 is 10.1 Å². The van der Waals surface area contributed by atoms with Crippen LogP contribution < -0.4 is 15.5 Å². The second kappa shape index (κ2) is 12.4. The molecule has 196 valence electrons. The van der Waals surface area contributed by atoms with Crippen molar-refractivity contribution in [1.82, 2.24) is 10.4 Å². The van der Waals surface area contributed by atoms with E-state index in [-0.39, 0.29) is 18.0 Å². The van der Waals surface area contributed by atoms with Crippen molar-refractivity contribution in [3.63, 3.8) is 0 Å². The number of amides is 1. The largest absolute Gasteiger partial charge is 0.488 e. The van der Waals surface area contributed by atoms with Gasteiger partial charge in [-0.25, -0.2) is 10.4 Å². The lowest BCUT2D eigenvalue weighted by atomic mass is 10.2. The Morgan fingerprint density at radius 1 is 1.13 bits per heavy atom. The van der Waals surface area contributed by atoms with Crippen molar-refractivity contribution in [2.75, 3.05) is 5.32 Å². The number of hydrogen-bond acceptors (Lipinski definition) is 6. The van der Waals surface area contributed by atoms with Crippen LogP contribution in [0.1, 0.15) is 27.9 Å². The van der Waals surface area contributed by atoms with E-state index in [4.69, 9.17) is 4.74 Å². The highest BCUT2D eigenvalue weighted by Gasteiger charge is 2.30. The topological polar surface area (TPSA) is 75.6 Å². The third kappa shape index (κ3) is 8.02. The average molecular weight is 650 g/mol. The van der Waals surface area contributed by atoms with E-state index in [1.54, 1.807) is 5.38 Å². The van der Waals surface area contributed by atoms with E-state index in [2.05, 4.69) is 43.4 Å². The number of rotatable bonds is 9. The number of hydrogen-bond donors (Lipinski definition) is 2. The first-order chi connectivity index (χ1) is 18.2. The highest BCUT2D eigenvalue weighted by Crippen LogP contribution is 2.32. The van der Waals surface area contributed by atoms with Crippen LogP contribution in [0.4, 0.5) is 24.0 Å². The Labute approximate surface area is 235 Å². The number of carbonyl (C=O) groups excluding carboxylic acids is 1. The molecule has 11 heteroatoms. The first-order valence-electron chi connectivity index (χ1n) is 11.3. The fourth-order valence-electron chi connectivity index (χ4n) is 3.29. The average Bonchev–Trinajstić information content (AvgIpc) is 3.30. The summed E-state index contributed by atoms with van der Waals surface area (Å²) in [5.41, 5.74) is 5.51. The molecule has 0 bridgehead atoms. The molecule has 0 aliphatic heterocycles. The molecule has 0 fully saturated rings. The molecule has 4 rings (SSSR count). The molecule has 0 aliphatic rings. The molecule has 1 amide bonds. The number of halogens is 4. The van der Waals surface area contributed by atoms with Gasteiger partial charge in [0, 0.05) is 11.1 Å². The number of benzene rings is 3. The quantitative estimate of drug-likeness (QED) is 0.115. The molecule has 2 N–H and O–H groups in total. The van der Waals surface area contributed by atoms with Gasteiger partial charge in [0.15, 0.2) is 5.13 Å².